The zero-order chi connectivity index (χ0) is 11.1. The average Bonchev–Trinajstić information content (AvgIpc) is 2.83. The third-order valence-corrected chi connectivity index (χ3v) is 3.35. The molecule has 0 bridgehead atoms. The van der Waals surface area contributed by atoms with Gasteiger partial charge in [-0.05, 0) is 31.2 Å². The molecule has 0 saturated carbocycles. The molecule has 2 N–H and O–H groups in total. The molecule has 0 fully saturated rings. The SMILES string of the molecule is Cc1ccc(-c2nc3ccc(N)cc3o2)s1. The van der Waals surface area contributed by atoms with E-state index >= 15 is 0 Å². The van der Waals surface area contributed by atoms with Crippen LogP contribution in [0.25, 0.3) is 21.9 Å². The number of oxazole rings is 1. The van der Waals surface area contributed by atoms with E-state index < -0.39 is 0 Å². The first-order chi connectivity index (χ1) is 7.72. The molecule has 3 rings (SSSR count). The smallest absolute Gasteiger partial charge is 0.237 e. The number of anilines is 1. The van der Waals surface area contributed by atoms with Crippen molar-refractivity contribution in [3.8, 4) is 10.8 Å². The molecule has 0 unspecified atom stereocenters. The summed E-state index contributed by atoms with van der Waals surface area (Å²) in [5.74, 6) is 0.665. The van der Waals surface area contributed by atoms with E-state index in [4.69, 9.17) is 10.2 Å². The molecule has 0 radical (unpaired) electrons. The average molecular weight is 230 g/mol. The van der Waals surface area contributed by atoms with Gasteiger partial charge in [0.25, 0.3) is 0 Å². The van der Waals surface area contributed by atoms with Crippen molar-refractivity contribution in [3.05, 3.63) is 35.2 Å². The minimum Gasteiger partial charge on any atom is -0.435 e. The number of hydrogen-bond donors (Lipinski definition) is 1. The van der Waals surface area contributed by atoms with Crippen LogP contribution < -0.4 is 5.73 Å². The lowest BCUT2D eigenvalue weighted by molar-refractivity contribution is 0.622. The van der Waals surface area contributed by atoms with Crippen molar-refractivity contribution < 1.29 is 4.42 Å². The van der Waals surface area contributed by atoms with Gasteiger partial charge in [0.1, 0.15) is 5.52 Å². The number of nitrogens with two attached hydrogens (primary N) is 1. The second-order valence-corrected chi connectivity index (χ2v) is 4.94. The van der Waals surface area contributed by atoms with Crippen LogP contribution >= 0.6 is 11.3 Å². The lowest BCUT2D eigenvalue weighted by atomic mass is 10.3. The van der Waals surface area contributed by atoms with E-state index in [0.29, 0.717) is 11.6 Å². The summed E-state index contributed by atoms with van der Waals surface area (Å²) in [6.45, 7) is 2.06. The van der Waals surface area contributed by atoms with Crippen LogP contribution in [0.4, 0.5) is 5.69 Å². The molecule has 0 aliphatic carbocycles. The number of benzene rings is 1. The van der Waals surface area contributed by atoms with Crippen LogP contribution in [0.3, 0.4) is 0 Å². The normalized spacial score (nSPS) is 11.1. The highest BCUT2D eigenvalue weighted by atomic mass is 32.1. The van der Waals surface area contributed by atoms with Gasteiger partial charge in [0.2, 0.25) is 5.89 Å². The molecule has 2 aromatic heterocycles. The van der Waals surface area contributed by atoms with E-state index in [0.717, 1.165) is 16.0 Å². The monoisotopic (exact) mass is 230 g/mol. The van der Waals surface area contributed by atoms with E-state index in [9.17, 15) is 0 Å². The summed E-state index contributed by atoms with van der Waals surface area (Å²) < 4.78 is 5.67. The van der Waals surface area contributed by atoms with Crippen LogP contribution in [0.2, 0.25) is 0 Å². The van der Waals surface area contributed by atoms with Gasteiger partial charge >= 0.3 is 0 Å². The maximum absolute atomic E-state index is 5.69. The van der Waals surface area contributed by atoms with Crippen LogP contribution in [-0.2, 0) is 0 Å². The number of aryl methyl sites for hydroxylation is 1. The standard InChI is InChI=1S/C12H10N2OS/c1-7-2-5-11(16-7)12-14-9-4-3-8(13)6-10(9)15-12/h2-6H,13H2,1H3. The summed E-state index contributed by atoms with van der Waals surface area (Å²) in [7, 11) is 0. The lowest BCUT2D eigenvalue weighted by Crippen LogP contribution is -1.81. The van der Waals surface area contributed by atoms with Gasteiger partial charge in [-0.2, -0.15) is 0 Å². The van der Waals surface area contributed by atoms with Gasteiger partial charge in [0.05, 0.1) is 4.88 Å². The highest BCUT2D eigenvalue weighted by molar-refractivity contribution is 7.15. The zero-order valence-corrected chi connectivity index (χ0v) is 9.54. The first kappa shape index (κ1) is 9.42. The maximum atomic E-state index is 5.69. The van der Waals surface area contributed by atoms with Crippen molar-refractivity contribution in [2.24, 2.45) is 0 Å². The third-order valence-electron chi connectivity index (χ3n) is 2.36. The number of nitrogen functional groups attached to an aromatic ring is 1. The predicted octanol–water partition coefficient (Wildman–Crippen LogP) is 3.45. The van der Waals surface area contributed by atoms with Gasteiger partial charge in [0, 0.05) is 16.6 Å². The Bertz CT molecular complexity index is 654. The van der Waals surface area contributed by atoms with E-state index in [1.807, 2.05) is 18.2 Å². The topological polar surface area (TPSA) is 52.0 Å². The summed E-state index contributed by atoms with van der Waals surface area (Å²) in [6.07, 6.45) is 0. The highest BCUT2D eigenvalue weighted by Crippen LogP contribution is 2.30. The molecule has 0 saturated heterocycles. The fourth-order valence-electron chi connectivity index (χ4n) is 1.60. The van der Waals surface area contributed by atoms with Gasteiger partial charge in [-0.25, -0.2) is 4.98 Å². The number of rotatable bonds is 1. The Morgan fingerprint density at radius 1 is 1.25 bits per heavy atom. The Labute approximate surface area is 96.5 Å². The number of nitrogens with zero attached hydrogens (tertiary/aromatic N) is 1. The first-order valence-corrected chi connectivity index (χ1v) is 5.77. The van der Waals surface area contributed by atoms with Crippen molar-refractivity contribution in [1.82, 2.24) is 4.98 Å². The molecule has 4 heteroatoms. The number of hydrogen-bond acceptors (Lipinski definition) is 4. The van der Waals surface area contributed by atoms with Crippen molar-refractivity contribution >= 4 is 28.1 Å². The maximum Gasteiger partial charge on any atom is 0.237 e. The van der Waals surface area contributed by atoms with Crippen LogP contribution in [0.15, 0.2) is 34.7 Å². The summed E-state index contributed by atoms with van der Waals surface area (Å²) in [5, 5.41) is 0. The van der Waals surface area contributed by atoms with Crippen molar-refractivity contribution in [2.45, 2.75) is 6.92 Å². The van der Waals surface area contributed by atoms with Crippen molar-refractivity contribution in [3.63, 3.8) is 0 Å². The second kappa shape index (κ2) is 3.35. The zero-order valence-electron chi connectivity index (χ0n) is 8.73. The summed E-state index contributed by atoms with van der Waals surface area (Å²) >= 11 is 1.67. The van der Waals surface area contributed by atoms with Gasteiger partial charge in [-0.1, -0.05) is 0 Å². The van der Waals surface area contributed by atoms with Gasteiger partial charge in [-0.15, -0.1) is 11.3 Å². The van der Waals surface area contributed by atoms with E-state index in [-0.39, 0.29) is 0 Å². The molecule has 0 aliphatic heterocycles. The quantitative estimate of drug-likeness (QED) is 0.651. The molecule has 16 heavy (non-hydrogen) atoms. The van der Waals surface area contributed by atoms with Gasteiger partial charge in [-0.3, -0.25) is 0 Å². The first-order valence-electron chi connectivity index (χ1n) is 4.95. The number of fused-ring (bicyclic) bond motifs is 1. The molecule has 0 aliphatic rings. The second-order valence-electron chi connectivity index (χ2n) is 3.66. The molecular formula is C12H10N2OS. The lowest BCUT2D eigenvalue weighted by Gasteiger charge is -1.88. The Hall–Kier alpha value is -1.81. The van der Waals surface area contributed by atoms with Crippen LogP contribution in [0, 0.1) is 6.92 Å². The fourth-order valence-corrected chi connectivity index (χ4v) is 2.39. The predicted molar refractivity (Wildman–Crippen MR) is 66.5 cm³/mol. The largest absolute Gasteiger partial charge is 0.435 e. The molecule has 0 spiro atoms. The Morgan fingerprint density at radius 3 is 2.88 bits per heavy atom. The van der Waals surface area contributed by atoms with Crippen LogP contribution in [-0.4, -0.2) is 4.98 Å². The summed E-state index contributed by atoms with van der Waals surface area (Å²) in [6, 6.07) is 9.58. The van der Waals surface area contributed by atoms with Crippen molar-refractivity contribution in [2.75, 3.05) is 5.73 Å². The molecule has 3 nitrogen and oxygen atoms in total. The summed E-state index contributed by atoms with van der Waals surface area (Å²) in [4.78, 5) is 6.72. The van der Waals surface area contributed by atoms with E-state index in [1.165, 1.54) is 4.88 Å². The Morgan fingerprint density at radius 2 is 2.12 bits per heavy atom. The number of aromatic nitrogens is 1. The Balaban J connectivity index is 2.18. The summed E-state index contributed by atoms with van der Waals surface area (Å²) in [5.41, 5.74) is 7.96. The van der Waals surface area contributed by atoms with Crippen LogP contribution in [0.1, 0.15) is 4.88 Å². The molecule has 0 atom stereocenters. The van der Waals surface area contributed by atoms with Crippen LogP contribution in [0.5, 0.6) is 0 Å². The van der Waals surface area contributed by atoms with Crippen molar-refractivity contribution in [1.29, 1.82) is 0 Å². The third kappa shape index (κ3) is 1.47. The molecule has 0 amide bonds. The molecule has 3 aromatic rings. The molecule has 80 valence electrons. The fraction of sp³-hybridized carbons (Fsp3) is 0.0833. The Kier molecular flexibility index (Phi) is 1.97. The molecular weight excluding hydrogens is 220 g/mol. The van der Waals surface area contributed by atoms with E-state index in [1.54, 1.807) is 17.4 Å². The molecule has 1 aromatic carbocycles. The van der Waals surface area contributed by atoms with E-state index in [2.05, 4.69) is 18.0 Å². The van der Waals surface area contributed by atoms with Gasteiger partial charge in [0.15, 0.2) is 5.58 Å². The minimum atomic E-state index is 0.665. The highest BCUT2D eigenvalue weighted by Gasteiger charge is 2.09. The number of thiophene rings is 1. The molecule has 2 heterocycles. The van der Waals surface area contributed by atoms with Gasteiger partial charge < -0.3 is 10.2 Å². The minimum absolute atomic E-state index is 0.665.